The zero-order valence-corrected chi connectivity index (χ0v) is 25.5. The summed E-state index contributed by atoms with van der Waals surface area (Å²) in [5.74, 6) is 7.65. The number of alkyl carbamates (subject to hydrolysis) is 2. The second kappa shape index (κ2) is 11.6. The summed E-state index contributed by atoms with van der Waals surface area (Å²) in [7, 11) is 0. The number of amides is 2. The quantitative estimate of drug-likeness (QED) is 0.400. The van der Waals surface area contributed by atoms with E-state index >= 15 is 0 Å². The molecule has 6 aliphatic rings. The van der Waals surface area contributed by atoms with Gasteiger partial charge in [0.1, 0.15) is 13.2 Å². The van der Waals surface area contributed by atoms with Crippen molar-refractivity contribution in [2.45, 2.75) is 100.0 Å². The minimum Gasteiger partial charge on any atom is -0.447 e. The third kappa shape index (κ3) is 5.68. The molecule has 2 aliphatic heterocycles. The third-order valence-electron chi connectivity index (χ3n) is 11.2. The Labute approximate surface area is 261 Å². The molecule has 2 aromatic carbocycles. The van der Waals surface area contributed by atoms with Crippen LogP contribution in [0.5, 0.6) is 0 Å². The molecule has 2 spiro atoms. The SMILES string of the molecule is C#C[C@@H]1CCc2cc([C@H]3CC[C@]4(COC(=O)N4)C3)ccc2C1.C#C[C@H]1CCc2cc([C@H]3CC[C@]4(COC(=O)N4)C3)ccc2C1. The lowest BCUT2D eigenvalue weighted by atomic mass is 9.82. The van der Waals surface area contributed by atoms with Gasteiger partial charge in [0.05, 0.1) is 11.1 Å². The number of carbonyl (C=O) groups is 2. The number of aryl methyl sites for hydroxylation is 2. The second-order valence-corrected chi connectivity index (χ2v) is 14.1. The lowest BCUT2D eigenvalue weighted by Gasteiger charge is -2.23. The number of fused-ring (bicyclic) bond motifs is 2. The number of ether oxygens (including phenoxy) is 2. The largest absolute Gasteiger partial charge is 0.447 e. The van der Waals surface area contributed by atoms with Crippen LogP contribution in [0.2, 0.25) is 0 Å². The van der Waals surface area contributed by atoms with E-state index in [1.54, 1.807) is 0 Å². The minimum atomic E-state index is -0.258. The Bertz CT molecular complexity index is 1440. The fourth-order valence-corrected chi connectivity index (χ4v) is 8.64. The molecule has 2 N–H and O–H groups in total. The van der Waals surface area contributed by atoms with Crippen LogP contribution in [0.4, 0.5) is 9.59 Å². The summed E-state index contributed by atoms with van der Waals surface area (Å²) < 4.78 is 10.2. The predicted molar refractivity (Wildman–Crippen MR) is 169 cm³/mol. The van der Waals surface area contributed by atoms with Crippen molar-refractivity contribution in [1.29, 1.82) is 0 Å². The van der Waals surface area contributed by atoms with Crippen LogP contribution in [0, 0.1) is 36.5 Å². The summed E-state index contributed by atoms with van der Waals surface area (Å²) in [6.07, 6.45) is 23.3. The molecule has 44 heavy (non-hydrogen) atoms. The number of terminal acetylenes is 2. The molecule has 0 radical (unpaired) electrons. The molecule has 4 aliphatic carbocycles. The standard InChI is InChI=1S/2C19H21NO2/c2*1-2-13-3-4-15-10-16(6-5-14(15)9-13)17-7-8-19(11-17)12-22-18(21)20-19/h2*1,5-6,10,13,17H,3-4,7-9,11-12H2,(H,20,21)/t13-,17+,19-;13-,17-,19+/m10/s1. The molecule has 2 amide bonds. The van der Waals surface area contributed by atoms with E-state index in [0.29, 0.717) is 36.9 Å². The van der Waals surface area contributed by atoms with Crippen molar-refractivity contribution in [1.82, 2.24) is 10.6 Å². The summed E-state index contributed by atoms with van der Waals surface area (Å²) in [4.78, 5) is 22.7. The van der Waals surface area contributed by atoms with Crippen molar-refractivity contribution in [3.05, 3.63) is 69.8 Å². The summed E-state index contributed by atoms with van der Waals surface area (Å²) in [5, 5.41) is 6.04. The Morgan fingerprint density at radius 2 is 1.11 bits per heavy atom. The van der Waals surface area contributed by atoms with Gasteiger partial charge < -0.3 is 20.1 Å². The van der Waals surface area contributed by atoms with E-state index in [-0.39, 0.29) is 23.3 Å². The number of carbonyl (C=O) groups excluding carboxylic acids is 2. The van der Waals surface area contributed by atoms with Crippen LogP contribution in [-0.4, -0.2) is 36.5 Å². The lowest BCUT2D eigenvalue weighted by molar-refractivity contribution is 0.171. The smallest absolute Gasteiger partial charge is 0.407 e. The van der Waals surface area contributed by atoms with Crippen molar-refractivity contribution in [3.8, 4) is 24.7 Å². The Balaban J connectivity index is 0.000000142. The first-order valence-electron chi connectivity index (χ1n) is 16.4. The van der Waals surface area contributed by atoms with Crippen LogP contribution in [0.3, 0.4) is 0 Å². The number of cyclic esters (lactones) is 2. The van der Waals surface area contributed by atoms with Crippen molar-refractivity contribution >= 4 is 12.2 Å². The first kappa shape index (κ1) is 28.8. The average molecular weight is 591 g/mol. The van der Waals surface area contributed by atoms with E-state index in [2.05, 4.69) is 58.9 Å². The number of hydrogen-bond acceptors (Lipinski definition) is 4. The molecule has 2 heterocycles. The molecule has 6 atom stereocenters. The number of rotatable bonds is 2. The molecule has 2 saturated carbocycles. The predicted octanol–water partition coefficient (Wildman–Crippen LogP) is 6.34. The molecule has 6 nitrogen and oxygen atoms in total. The van der Waals surface area contributed by atoms with Gasteiger partial charge in [-0.05, 0) is 122 Å². The molecule has 0 aromatic heterocycles. The second-order valence-electron chi connectivity index (χ2n) is 14.1. The minimum absolute atomic E-state index is 0.119. The van der Waals surface area contributed by atoms with Crippen molar-refractivity contribution in [3.63, 3.8) is 0 Å². The number of nitrogens with one attached hydrogen (secondary N) is 2. The first-order valence-corrected chi connectivity index (χ1v) is 16.4. The van der Waals surface area contributed by atoms with Crippen LogP contribution >= 0.6 is 0 Å². The van der Waals surface area contributed by atoms with E-state index in [1.165, 1.54) is 33.4 Å². The van der Waals surface area contributed by atoms with Gasteiger partial charge in [0.2, 0.25) is 0 Å². The Kier molecular flexibility index (Phi) is 7.57. The molecule has 8 rings (SSSR count). The van der Waals surface area contributed by atoms with E-state index in [9.17, 15) is 9.59 Å². The van der Waals surface area contributed by atoms with Gasteiger partial charge in [-0.15, -0.1) is 24.7 Å². The topological polar surface area (TPSA) is 76.7 Å². The fraction of sp³-hybridized carbons (Fsp3) is 0.526. The number of hydrogen-bond donors (Lipinski definition) is 2. The van der Waals surface area contributed by atoms with E-state index in [0.717, 1.165) is 77.0 Å². The van der Waals surface area contributed by atoms with Gasteiger partial charge in [-0.25, -0.2) is 9.59 Å². The first-order chi connectivity index (χ1) is 21.3. The van der Waals surface area contributed by atoms with Crippen LogP contribution in [0.15, 0.2) is 36.4 Å². The van der Waals surface area contributed by atoms with E-state index < -0.39 is 0 Å². The maximum absolute atomic E-state index is 11.3. The molecule has 0 unspecified atom stereocenters. The molecule has 2 aromatic rings. The molecule has 228 valence electrons. The molecule has 0 bridgehead atoms. The van der Waals surface area contributed by atoms with Gasteiger partial charge in [-0.2, -0.15) is 0 Å². The monoisotopic (exact) mass is 590 g/mol. The normalized spacial score (nSPS) is 33.1. The third-order valence-corrected chi connectivity index (χ3v) is 11.2. The molecular weight excluding hydrogens is 548 g/mol. The highest BCUT2D eigenvalue weighted by Crippen LogP contribution is 2.45. The zero-order valence-electron chi connectivity index (χ0n) is 25.5. The van der Waals surface area contributed by atoms with Crippen molar-refractivity contribution in [2.24, 2.45) is 11.8 Å². The molecule has 4 fully saturated rings. The lowest BCUT2D eigenvalue weighted by Crippen LogP contribution is -2.40. The fourth-order valence-electron chi connectivity index (χ4n) is 8.64. The summed E-state index contributed by atoms with van der Waals surface area (Å²) in [5.41, 5.74) is 8.37. The Morgan fingerprint density at radius 1 is 0.659 bits per heavy atom. The van der Waals surface area contributed by atoms with Gasteiger partial charge in [0, 0.05) is 11.8 Å². The summed E-state index contributed by atoms with van der Waals surface area (Å²) in [6, 6.07) is 13.8. The molecular formula is C38H42N2O4. The van der Waals surface area contributed by atoms with Crippen LogP contribution in [0.1, 0.15) is 96.6 Å². The highest BCUT2D eigenvalue weighted by molar-refractivity contribution is 5.71. The van der Waals surface area contributed by atoms with Gasteiger partial charge in [0.15, 0.2) is 0 Å². The average Bonchev–Trinajstić information content (AvgIpc) is 3.85. The van der Waals surface area contributed by atoms with Crippen molar-refractivity contribution in [2.75, 3.05) is 13.2 Å². The van der Waals surface area contributed by atoms with Gasteiger partial charge in [-0.1, -0.05) is 36.4 Å². The summed E-state index contributed by atoms with van der Waals surface area (Å²) >= 11 is 0. The van der Waals surface area contributed by atoms with Crippen molar-refractivity contribution < 1.29 is 19.1 Å². The van der Waals surface area contributed by atoms with Gasteiger partial charge in [0.25, 0.3) is 0 Å². The maximum Gasteiger partial charge on any atom is 0.407 e. The van der Waals surface area contributed by atoms with E-state index in [1.807, 2.05) is 0 Å². The van der Waals surface area contributed by atoms with Crippen LogP contribution < -0.4 is 10.6 Å². The maximum atomic E-state index is 11.3. The Hall–Kier alpha value is -3.90. The summed E-state index contributed by atoms with van der Waals surface area (Å²) in [6.45, 7) is 1.05. The highest BCUT2D eigenvalue weighted by atomic mass is 16.6. The Morgan fingerprint density at radius 3 is 1.50 bits per heavy atom. The molecule has 2 saturated heterocycles. The van der Waals surface area contributed by atoms with Gasteiger partial charge >= 0.3 is 12.2 Å². The highest BCUT2D eigenvalue weighted by Gasteiger charge is 2.47. The van der Waals surface area contributed by atoms with Crippen LogP contribution in [0.25, 0.3) is 0 Å². The van der Waals surface area contributed by atoms with E-state index in [4.69, 9.17) is 22.3 Å². The molecule has 6 heteroatoms. The van der Waals surface area contributed by atoms with Gasteiger partial charge in [-0.3, -0.25) is 0 Å². The number of benzene rings is 2. The van der Waals surface area contributed by atoms with Crippen LogP contribution in [-0.2, 0) is 35.2 Å². The zero-order chi connectivity index (χ0) is 30.3.